The highest BCUT2D eigenvalue weighted by atomic mass is 16.5. The van der Waals surface area contributed by atoms with Crippen molar-refractivity contribution in [2.24, 2.45) is 0 Å². The molecule has 0 heterocycles. The maximum Gasteiger partial charge on any atom is 0.313 e. The van der Waals surface area contributed by atoms with Gasteiger partial charge < -0.3 is 15.4 Å². The minimum atomic E-state index is -0.695. The summed E-state index contributed by atoms with van der Waals surface area (Å²) in [5.41, 5.74) is 1.89. The average Bonchev–Trinajstić information content (AvgIpc) is 2.63. The Balaban J connectivity index is 2.02. The van der Waals surface area contributed by atoms with Gasteiger partial charge in [0.05, 0.1) is 6.54 Å². The van der Waals surface area contributed by atoms with Crippen LogP contribution < -0.4 is 10.6 Å². The minimum absolute atomic E-state index is 0.212. The molecular weight excluding hydrogens is 316 g/mol. The summed E-state index contributed by atoms with van der Waals surface area (Å²) in [5.74, 6) is -1.38. The van der Waals surface area contributed by atoms with Crippen molar-refractivity contribution in [3.63, 3.8) is 0 Å². The smallest absolute Gasteiger partial charge is 0.313 e. The summed E-state index contributed by atoms with van der Waals surface area (Å²) in [6.45, 7) is 4.11. The Morgan fingerprint density at radius 1 is 1.04 bits per heavy atom. The summed E-state index contributed by atoms with van der Waals surface area (Å²) in [5, 5.41) is 5.29. The van der Waals surface area contributed by atoms with Gasteiger partial charge in [0.2, 0.25) is 0 Å². The first-order valence-electron chi connectivity index (χ1n) is 8.27. The van der Waals surface area contributed by atoms with Crippen LogP contribution in [0, 0.1) is 6.92 Å². The summed E-state index contributed by atoms with van der Waals surface area (Å²) < 4.78 is 5.69. The molecule has 2 rings (SSSR count). The second-order valence-corrected chi connectivity index (χ2v) is 5.92. The first-order chi connectivity index (χ1) is 12.0. The van der Waals surface area contributed by atoms with Crippen LogP contribution in [0.1, 0.15) is 24.5 Å². The zero-order chi connectivity index (χ0) is 18.3. The van der Waals surface area contributed by atoms with Gasteiger partial charge in [-0.3, -0.25) is 9.59 Å². The lowest BCUT2D eigenvalue weighted by Crippen LogP contribution is -2.45. The number of amides is 2. The van der Waals surface area contributed by atoms with E-state index < -0.39 is 17.4 Å². The molecule has 0 aliphatic rings. The molecule has 5 heteroatoms. The van der Waals surface area contributed by atoms with Crippen molar-refractivity contribution in [2.45, 2.75) is 25.9 Å². The summed E-state index contributed by atoms with van der Waals surface area (Å²) in [4.78, 5) is 24.3. The van der Waals surface area contributed by atoms with Crippen molar-refractivity contribution in [1.82, 2.24) is 5.32 Å². The quantitative estimate of drug-likeness (QED) is 0.795. The Morgan fingerprint density at radius 3 is 2.36 bits per heavy atom. The van der Waals surface area contributed by atoms with Crippen LogP contribution in [-0.2, 0) is 19.9 Å². The molecule has 0 saturated carbocycles. The summed E-state index contributed by atoms with van der Waals surface area (Å²) in [6, 6.07) is 17.0. The van der Waals surface area contributed by atoms with Crippen LogP contribution in [-0.4, -0.2) is 25.5 Å². The van der Waals surface area contributed by atoms with Crippen LogP contribution >= 0.6 is 0 Å². The van der Waals surface area contributed by atoms with Gasteiger partial charge >= 0.3 is 11.8 Å². The number of ether oxygens (including phenoxy) is 1. The van der Waals surface area contributed by atoms with E-state index in [9.17, 15) is 9.59 Å². The molecule has 2 aromatic rings. The number of aryl methyl sites for hydroxylation is 1. The highest BCUT2D eigenvalue weighted by molar-refractivity contribution is 6.39. The molecule has 25 heavy (non-hydrogen) atoms. The number of carbonyl (C=O) groups is 2. The van der Waals surface area contributed by atoms with E-state index in [4.69, 9.17) is 4.74 Å². The predicted molar refractivity (Wildman–Crippen MR) is 98.2 cm³/mol. The maximum absolute atomic E-state index is 12.2. The van der Waals surface area contributed by atoms with Gasteiger partial charge in [0.25, 0.3) is 0 Å². The lowest BCUT2D eigenvalue weighted by atomic mass is 9.90. The van der Waals surface area contributed by atoms with Crippen molar-refractivity contribution in [3.05, 3.63) is 65.7 Å². The molecule has 2 aromatic carbocycles. The molecule has 1 atom stereocenters. The van der Waals surface area contributed by atoms with Crippen LogP contribution in [0.2, 0.25) is 0 Å². The van der Waals surface area contributed by atoms with Gasteiger partial charge in [-0.2, -0.15) is 0 Å². The molecule has 0 bridgehead atoms. The molecule has 0 saturated heterocycles. The van der Waals surface area contributed by atoms with Gasteiger partial charge in [-0.05, 0) is 36.6 Å². The topological polar surface area (TPSA) is 67.4 Å². The highest BCUT2D eigenvalue weighted by Crippen LogP contribution is 2.28. The van der Waals surface area contributed by atoms with E-state index in [1.165, 1.54) is 0 Å². The second-order valence-electron chi connectivity index (χ2n) is 5.92. The molecule has 2 amide bonds. The normalized spacial score (nSPS) is 12.9. The third kappa shape index (κ3) is 4.67. The molecule has 0 aliphatic carbocycles. The van der Waals surface area contributed by atoms with Crippen molar-refractivity contribution >= 4 is 17.5 Å². The number of anilines is 1. The number of hydrogen-bond donors (Lipinski definition) is 2. The maximum atomic E-state index is 12.2. The van der Waals surface area contributed by atoms with Crippen molar-refractivity contribution < 1.29 is 14.3 Å². The number of hydrogen-bond acceptors (Lipinski definition) is 3. The van der Waals surface area contributed by atoms with Gasteiger partial charge in [-0.25, -0.2) is 0 Å². The number of nitrogens with one attached hydrogen (secondary N) is 2. The standard InChI is InChI=1S/C20H24N2O3/c1-4-20(25-3,16-10-6-5-7-11-16)14-21-18(23)19(24)22-17-12-8-9-15(2)13-17/h5-13H,4,14H2,1-3H3,(H,21,23)(H,22,24)/t20-/m1/s1. The van der Waals surface area contributed by atoms with E-state index in [1.54, 1.807) is 19.2 Å². The lowest BCUT2D eigenvalue weighted by Gasteiger charge is -2.32. The molecular formula is C20H24N2O3. The van der Waals surface area contributed by atoms with Crippen LogP contribution in [0.5, 0.6) is 0 Å². The first kappa shape index (κ1) is 18.7. The van der Waals surface area contributed by atoms with Gasteiger partial charge in [0.15, 0.2) is 0 Å². The Kier molecular flexibility index (Phi) is 6.31. The molecule has 2 N–H and O–H groups in total. The van der Waals surface area contributed by atoms with Crippen LogP contribution in [0.15, 0.2) is 54.6 Å². The zero-order valence-corrected chi connectivity index (χ0v) is 14.8. The molecule has 0 radical (unpaired) electrons. The third-order valence-corrected chi connectivity index (χ3v) is 4.28. The highest BCUT2D eigenvalue weighted by Gasteiger charge is 2.31. The monoisotopic (exact) mass is 340 g/mol. The molecule has 0 aromatic heterocycles. The number of rotatable bonds is 6. The van der Waals surface area contributed by atoms with Crippen LogP contribution in [0.25, 0.3) is 0 Å². The van der Waals surface area contributed by atoms with E-state index in [0.29, 0.717) is 12.1 Å². The van der Waals surface area contributed by atoms with Crippen molar-refractivity contribution in [3.8, 4) is 0 Å². The minimum Gasteiger partial charge on any atom is -0.372 e. The molecule has 0 unspecified atom stereocenters. The van der Waals surface area contributed by atoms with E-state index in [2.05, 4.69) is 10.6 Å². The number of benzene rings is 2. The predicted octanol–water partition coefficient (Wildman–Crippen LogP) is 3.00. The van der Waals surface area contributed by atoms with Gasteiger partial charge in [0.1, 0.15) is 5.60 Å². The van der Waals surface area contributed by atoms with E-state index in [0.717, 1.165) is 11.1 Å². The average molecular weight is 340 g/mol. The summed E-state index contributed by atoms with van der Waals surface area (Å²) in [7, 11) is 1.61. The van der Waals surface area contributed by atoms with E-state index in [-0.39, 0.29) is 6.54 Å². The van der Waals surface area contributed by atoms with Crippen molar-refractivity contribution in [1.29, 1.82) is 0 Å². The Bertz CT molecular complexity index is 725. The van der Waals surface area contributed by atoms with E-state index >= 15 is 0 Å². The first-order valence-corrected chi connectivity index (χ1v) is 8.27. The fraction of sp³-hybridized carbons (Fsp3) is 0.300. The summed E-state index contributed by atoms with van der Waals surface area (Å²) in [6.07, 6.45) is 0.660. The van der Waals surface area contributed by atoms with Crippen LogP contribution in [0.4, 0.5) is 5.69 Å². The molecule has 132 valence electrons. The molecule has 0 spiro atoms. The van der Waals surface area contributed by atoms with Crippen LogP contribution in [0.3, 0.4) is 0 Å². The third-order valence-electron chi connectivity index (χ3n) is 4.28. The SMILES string of the molecule is CC[C@](CNC(=O)C(=O)Nc1cccc(C)c1)(OC)c1ccccc1. The fourth-order valence-electron chi connectivity index (χ4n) is 2.72. The second kappa shape index (κ2) is 8.44. The Hall–Kier alpha value is -2.66. The zero-order valence-electron chi connectivity index (χ0n) is 14.8. The Labute approximate surface area is 148 Å². The number of methoxy groups -OCH3 is 1. The molecule has 0 aliphatic heterocycles. The lowest BCUT2D eigenvalue weighted by molar-refractivity contribution is -0.137. The largest absolute Gasteiger partial charge is 0.372 e. The van der Waals surface area contributed by atoms with Gasteiger partial charge in [-0.1, -0.05) is 49.4 Å². The van der Waals surface area contributed by atoms with Gasteiger partial charge in [0, 0.05) is 12.8 Å². The Morgan fingerprint density at radius 2 is 1.76 bits per heavy atom. The summed E-state index contributed by atoms with van der Waals surface area (Å²) >= 11 is 0. The molecule has 0 fully saturated rings. The molecule has 5 nitrogen and oxygen atoms in total. The number of carbonyl (C=O) groups excluding carboxylic acids is 2. The van der Waals surface area contributed by atoms with Gasteiger partial charge in [-0.15, -0.1) is 0 Å². The van der Waals surface area contributed by atoms with E-state index in [1.807, 2.05) is 56.3 Å². The van der Waals surface area contributed by atoms with Crippen molar-refractivity contribution in [2.75, 3.05) is 19.0 Å². The fourth-order valence-corrected chi connectivity index (χ4v) is 2.72.